The van der Waals surface area contributed by atoms with Crippen molar-refractivity contribution >= 4 is 28.2 Å². The number of halogens is 1. The largest absolute Gasteiger partial charge is 0.479 e. The summed E-state index contributed by atoms with van der Waals surface area (Å²) in [6.07, 6.45) is 5.43. The number of nitrogens with one attached hydrogen (secondary N) is 1. The zero-order valence-electron chi connectivity index (χ0n) is 10.7. The maximum atomic E-state index is 8.52. The number of allylic oxidation sites excluding steroid dienone is 2. The lowest BCUT2D eigenvalue weighted by Crippen LogP contribution is -2.09. The Balaban J connectivity index is 2.27. The lowest BCUT2D eigenvalue weighted by Gasteiger charge is -2.13. The van der Waals surface area contributed by atoms with Gasteiger partial charge in [-0.25, -0.2) is 0 Å². The molecule has 0 saturated heterocycles. The topological polar surface area (TPSA) is 45.0 Å². The first-order valence-electron chi connectivity index (χ1n) is 6.16. The Morgan fingerprint density at radius 2 is 2.42 bits per heavy atom. The van der Waals surface area contributed by atoms with Gasteiger partial charge >= 0.3 is 0 Å². The maximum absolute atomic E-state index is 8.52. The number of hydrogen-bond donors (Lipinski definition) is 1. The molecular weight excluding hydrogens is 351 g/mol. The van der Waals surface area contributed by atoms with E-state index in [4.69, 9.17) is 10.00 Å². The zero-order chi connectivity index (χ0) is 13.7. The fraction of sp³-hybridized carbons (Fsp3) is 0.267. The van der Waals surface area contributed by atoms with Crippen LogP contribution in [0.25, 0.3) is 5.57 Å². The van der Waals surface area contributed by atoms with E-state index in [0.717, 1.165) is 22.3 Å². The molecule has 19 heavy (non-hydrogen) atoms. The first kappa shape index (κ1) is 13.9. The summed E-state index contributed by atoms with van der Waals surface area (Å²) in [6.45, 7) is 3.14. The summed E-state index contributed by atoms with van der Waals surface area (Å²) < 4.78 is 6.44. The quantitative estimate of drug-likeness (QED) is 0.830. The first-order valence-corrected chi connectivity index (χ1v) is 7.24. The summed E-state index contributed by atoms with van der Waals surface area (Å²) in [7, 11) is 0. The van der Waals surface area contributed by atoms with E-state index >= 15 is 0 Å². The Kier molecular flexibility index (Phi) is 4.86. The van der Waals surface area contributed by atoms with E-state index in [2.05, 4.69) is 40.1 Å². The van der Waals surface area contributed by atoms with Crippen molar-refractivity contribution in [3.63, 3.8) is 0 Å². The summed E-state index contributed by atoms with van der Waals surface area (Å²) in [4.78, 5) is 0. The van der Waals surface area contributed by atoms with Crippen LogP contribution in [0.5, 0.6) is 5.75 Å². The van der Waals surface area contributed by atoms with Crippen molar-refractivity contribution in [2.24, 2.45) is 0 Å². The van der Waals surface area contributed by atoms with Crippen molar-refractivity contribution in [3.05, 3.63) is 45.2 Å². The number of rotatable bonds is 4. The van der Waals surface area contributed by atoms with Gasteiger partial charge in [-0.15, -0.1) is 0 Å². The molecule has 0 fully saturated rings. The van der Waals surface area contributed by atoms with Gasteiger partial charge in [0.1, 0.15) is 11.8 Å². The minimum absolute atomic E-state index is 0.0820. The smallest absolute Gasteiger partial charge is 0.174 e. The van der Waals surface area contributed by atoms with Gasteiger partial charge in [-0.05, 0) is 59.7 Å². The number of hydrogen-bond acceptors (Lipinski definition) is 3. The Morgan fingerprint density at radius 3 is 3.00 bits per heavy atom. The average Bonchev–Trinajstić information content (AvgIpc) is 2.93. The molecule has 1 aromatic carbocycles. The van der Waals surface area contributed by atoms with E-state index < -0.39 is 0 Å². The van der Waals surface area contributed by atoms with Gasteiger partial charge in [0.05, 0.1) is 0 Å². The monoisotopic (exact) mass is 366 g/mol. The van der Waals surface area contributed by atoms with Gasteiger partial charge in [0.2, 0.25) is 0 Å². The van der Waals surface area contributed by atoms with Crippen molar-refractivity contribution in [1.82, 2.24) is 5.32 Å². The molecule has 1 aromatic rings. The molecular formula is C15H15IN2O. The molecule has 0 aliphatic carbocycles. The average molecular weight is 366 g/mol. The Bertz CT molecular complexity index is 570. The highest BCUT2D eigenvalue weighted by Crippen LogP contribution is 2.30. The van der Waals surface area contributed by atoms with Gasteiger partial charge in [0.15, 0.2) is 6.61 Å². The number of nitrogens with zero attached hydrogens (tertiary/aromatic N) is 1. The van der Waals surface area contributed by atoms with Crippen LogP contribution in [0, 0.1) is 14.9 Å². The van der Waals surface area contributed by atoms with Crippen LogP contribution in [-0.4, -0.2) is 13.2 Å². The van der Waals surface area contributed by atoms with Crippen LogP contribution in [0.2, 0.25) is 0 Å². The molecule has 0 bridgehead atoms. The van der Waals surface area contributed by atoms with Crippen LogP contribution in [0.1, 0.15) is 18.9 Å². The zero-order valence-corrected chi connectivity index (χ0v) is 12.9. The van der Waals surface area contributed by atoms with Crippen LogP contribution in [0.15, 0.2) is 36.0 Å². The minimum atomic E-state index is 0.0820. The third kappa shape index (κ3) is 3.29. The van der Waals surface area contributed by atoms with Crippen LogP contribution in [-0.2, 0) is 0 Å². The summed E-state index contributed by atoms with van der Waals surface area (Å²) >= 11 is 2.30. The van der Waals surface area contributed by atoms with Gasteiger partial charge < -0.3 is 10.1 Å². The van der Waals surface area contributed by atoms with Crippen molar-refractivity contribution in [3.8, 4) is 11.8 Å². The standard InChI is InChI=1S/C15H15IN2O/c1-2-12(15-4-3-8-18-15)13-6-5-11(10-14(13)16)19-9-7-17/h2,4-6,10,18H,3,8-9H2,1H3/b12-2+. The van der Waals surface area contributed by atoms with E-state index in [1.807, 2.05) is 31.2 Å². The fourth-order valence-electron chi connectivity index (χ4n) is 2.08. The van der Waals surface area contributed by atoms with Crippen LogP contribution in [0.4, 0.5) is 0 Å². The van der Waals surface area contributed by atoms with Gasteiger partial charge in [-0.1, -0.05) is 12.2 Å². The second kappa shape index (κ2) is 6.62. The van der Waals surface area contributed by atoms with E-state index in [-0.39, 0.29) is 6.61 Å². The molecule has 0 saturated carbocycles. The van der Waals surface area contributed by atoms with E-state index in [1.54, 1.807) is 0 Å². The Hall–Kier alpha value is -1.48. The van der Waals surface area contributed by atoms with E-state index in [9.17, 15) is 0 Å². The summed E-state index contributed by atoms with van der Waals surface area (Å²) in [6, 6.07) is 7.90. The highest BCUT2D eigenvalue weighted by Gasteiger charge is 2.13. The molecule has 0 spiro atoms. The molecule has 4 heteroatoms. The number of ether oxygens (including phenoxy) is 1. The molecule has 98 valence electrons. The maximum Gasteiger partial charge on any atom is 0.174 e. The molecule has 2 rings (SSSR count). The number of benzene rings is 1. The van der Waals surface area contributed by atoms with Gasteiger partial charge in [0.25, 0.3) is 0 Å². The van der Waals surface area contributed by atoms with E-state index in [1.165, 1.54) is 16.8 Å². The van der Waals surface area contributed by atoms with Gasteiger partial charge in [0, 0.05) is 21.4 Å². The van der Waals surface area contributed by atoms with E-state index in [0.29, 0.717) is 0 Å². The lowest BCUT2D eigenvalue weighted by atomic mass is 10.0. The molecule has 0 aromatic heterocycles. The lowest BCUT2D eigenvalue weighted by molar-refractivity contribution is 0.368. The van der Waals surface area contributed by atoms with Crippen LogP contribution >= 0.6 is 22.6 Å². The number of nitriles is 1. The molecule has 1 heterocycles. The minimum Gasteiger partial charge on any atom is -0.479 e. The van der Waals surface area contributed by atoms with Crippen molar-refractivity contribution in [2.45, 2.75) is 13.3 Å². The second-order valence-corrected chi connectivity index (χ2v) is 5.29. The Labute approximate surface area is 127 Å². The summed E-state index contributed by atoms with van der Waals surface area (Å²) in [5.74, 6) is 0.735. The third-order valence-corrected chi connectivity index (χ3v) is 3.81. The normalized spacial score (nSPS) is 14.6. The summed E-state index contributed by atoms with van der Waals surface area (Å²) in [5, 5.41) is 11.9. The molecule has 0 radical (unpaired) electrons. The fourth-order valence-corrected chi connectivity index (χ4v) is 2.85. The molecule has 1 aliphatic rings. The molecule has 3 nitrogen and oxygen atoms in total. The molecule has 0 unspecified atom stereocenters. The van der Waals surface area contributed by atoms with Gasteiger partial charge in [-0.2, -0.15) is 5.26 Å². The molecule has 1 aliphatic heterocycles. The SMILES string of the molecule is C/C=C(/C1=CCCN1)c1ccc(OCC#N)cc1I. The Morgan fingerprint density at radius 1 is 1.58 bits per heavy atom. The molecule has 1 N–H and O–H groups in total. The predicted molar refractivity (Wildman–Crippen MR) is 84.6 cm³/mol. The summed E-state index contributed by atoms with van der Waals surface area (Å²) in [5.41, 5.74) is 3.60. The molecule has 0 amide bonds. The van der Waals surface area contributed by atoms with Crippen LogP contribution < -0.4 is 10.1 Å². The van der Waals surface area contributed by atoms with Crippen LogP contribution in [0.3, 0.4) is 0 Å². The second-order valence-electron chi connectivity index (χ2n) is 4.12. The first-order chi connectivity index (χ1) is 9.26. The third-order valence-electron chi connectivity index (χ3n) is 2.92. The van der Waals surface area contributed by atoms with Crippen molar-refractivity contribution in [1.29, 1.82) is 5.26 Å². The highest BCUT2D eigenvalue weighted by molar-refractivity contribution is 14.1. The predicted octanol–water partition coefficient (Wildman–Crippen LogP) is 3.47. The highest BCUT2D eigenvalue weighted by atomic mass is 127. The van der Waals surface area contributed by atoms with Crippen molar-refractivity contribution < 1.29 is 4.74 Å². The van der Waals surface area contributed by atoms with Crippen molar-refractivity contribution in [2.75, 3.05) is 13.2 Å². The molecule has 0 atom stereocenters. The van der Waals surface area contributed by atoms with Gasteiger partial charge in [-0.3, -0.25) is 0 Å².